The third kappa shape index (κ3) is 3.97. The lowest BCUT2D eigenvalue weighted by Crippen LogP contribution is -2.32. The molecule has 0 unspecified atom stereocenters. The summed E-state index contributed by atoms with van der Waals surface area (Å²) in [6, 6.07) is 11.0. The maximum atomic E-state index is 10.8. The fourth-order valence-corrected chi connectivity index (χ4v) is 1.94. The monoisotopic (exact) mass is 287 g/mol. The number of benzene rings is 2. The topological polar surface area (TPSA) is 92.8 Å². The van der Waals surface area contributed by atoms with Gasteiger partial charge in [-0.05, 0) is 54.8 Å². The highest BCUT2D eigenvalue weighted by molar-refractivity contribution is 5.73. The molecule has 0 saturated heterocycles. The fourth-order valence-electron chi connectivity index (χ4n) is 1.94. The summed E-state index contributed by atoms with van der Waals surface area (Å²) in [6.07, 6.45) is 0.273. The first kappa shape index (κ1) is 14.9. The second-order valence-corrected chi connectivity index (χ2v) is 4.84. The molecule has 0 amide bonds. The van der Waals surface area contributed by atoms with Gasteiger partial charge in [-0.25, -0.2) is 0 Å². The molecule has 0 radical (unpaired) electrons. The number of aryl methyl sites for hydroxylation is 1. The Bertz CT molecular complexity index is 637. The summed E-state index contributed by atoms with van der Waals surface area (Å²) in [4.78, 5) is 10.8. The number of rotatable bonds is 5. The van der Waals surface area contributed by atoms with Gasteiger partial charge in [-0.3, -0.25) is 4.79 Å². The molecular weight excluding hydrogens is 270 g/mol. The Morgan fingerprint density at radius 1 is 1.24 bits per heavy atom. The summed E-state index contributed by atoms with van der Waals surface area (Å²) in [6.45, 7) is 1.88. The summed E-state index contributed by atoms with van der Waals surface area (Å²) in [5.74, 6) is 0.452. The molecule has 2 rings (SSSR count). The van der Waals surface area contributed by atoms with Gasteiger partial charge in [0.25, 0.3) is 0 Å². The van der Waals surface area contributed by atoms with E-state index in [0.717, 1.165) is 11.1 Å². The highest BCUT2D eigenvalue weighted by Gasteiger charge is 2.13. The Labute approximate surface area is 122 Å². The fraction of sp³-hybridized carbons (Fsp3) is 0.188. The number of aromatic hydroxyl groups is 1. The van der Waals surface area contributed by atoms with E-state index in [4.69, 9.17) is 15.6 Å². The van der Waals surface area contributed by atoms with Gasteiger partial charge in [-0.2, -0.15) is 0 Å². The van der Waals surface area contributed by atoms with E-state index in [1.807, 2.05) is 13.0 Å². The molecule has 5 nitrogen and oxygen atoms in total. The van der Waals surface area contributed by atoms with Crippen molar-refractivity contribution in [3.63, 3.8) is 0 Å². The van der Waals surface area contributed by atoms with Crippen LogP contribution in [0.1, 0.15) is 11.1 Å². The average molecular weight is 287 g/mol. The first-order valence-electron chi connectivity index (χ1n) is 6.50. The standard InChI is InChI=1S/C16H17NO4/c1-10-8-11(9-14(17)16(19)20)2-7-15(10)21-13-5-3-12(18)4-6-13/h2-8,14,18H,9,17H2,1H3,(H,19,20)/t14-/m0/s1. The van der Waals surface area contributed by atoms with E-state index in [-0.39, 0.29) is 12.2 Å². The number of carboxylic acids is 1. The van der Waals surface area contributed by atoms with Crippen LogP contribution in [0, 0.1) is 6.92 Å². The van der Waals surface area contributed by atoms with Crippen LogP contribution in [0.2, 0.25) is 0 Å². The molecule has 0 bridgehead atoms. The van der Waals surface area contributed by atoms with Crippen LogP contribution in [-0.2, 0) is 11.2 Å². The molecule has 4 N–H and O–H groups in total. The van der Waals surface area contributed by atoms with Crippen molar-refractivity contribution in [2.45, 2.75) is 19.4 Å². The predicted octanol–water partition coefficient (Wildman–Crippen LogP) is 2.45. The largest absolute Gasteiger partial charge is 0.508 e. The molecule has 0 spiro atoms. The van der Waals surface area contributed by atoms with Gasteiger partial charge >= 0.3 is 5.97 Å². The second kappa shape index (κ2) is 6.28. The zero-order valence-corrected chi connectivity index (χ0v) is 11.6. The van der Waals surface area contributed by atoms with Gasteiger partial charge in [0, 0.05) is 0 Å². The number of aliphatic carboxylic acids is 1. The molecule has 110 valence electrons. The molecule has 2 aromatic rings. The lowest BCUT2D eigenvalue weighted by molar-refractivity contribution is -0.138. The summed E-state index contributed by atoms with van der Waals surface area (Å²) in [5.41, 5.74) is 7.25. The van der Waals surface area contributed by atoms with Crippen molar-refractivity contribution >= 4 is 5.97 Å². The van der Waals surface area contributed by atoms with Crippen molar-refractivity contribution in [2.75, 3.05) is 0 Å². The molecule has 2 aromatic carbocycles. The second-order valence-electron chi connectivity index (χ2n) is 4.84. The highest BCUT2D eigenvalue weighted by Crippen LogP contribution is 2.27. The van der Waals surface area contributed by atoms with E-state index in [2.05, 4.69) is 0 Å². The molecule has 0 aliphatic rings. The lowest BCUT2D eigenvalue weighted by Gasteiger charge is -2.12. The zero-order valence-electron chi connectivity index (χ0n) is 11.6. The maximum absolute atomic E-state index is 10.8. The molecule has 5 heteroatoms. The molecule has 1 atom stereocenters. The molecule has 21 heavy (non-hydrogen) atoms. The van der Waals surface area contributed by atoms with Gasteiger partial charge in [-0.1, -0.05) is 12.1 Å². The van der Waals surface area contributed by atoms with E-state index in [1.165, 1.54) is 0 Å². The number of nitrogens with two attached hydrogens (primary N) is 1. The van der Waals surface area contributed by atoms with Crippen LogP contribution in [0.4, 0.5) is 0 Å². The van der Waals surface area contributed by atoms with Crippen LogP contribution in [0.5, 0.6) is 17.2 Å². The van der Waals surface area contributed by atoms with Gasteiger partial charge in [0.2, 0.25) is 0 Å². The first-order chi connectivity index (χ1) is 9.95. The first-order valence-corrected chi connectivity index (χ1v) is 6.50. The minimum Gasteiger partial charge on any atom is -0.508 e. The molecular formula is C16H17NO4. The van der Waals surface area contributed by atoms with E-state index in [9.17, 15) is 9.90 Å². The molecule has 0 saturated carbocycles. The Morgan fingerprint density at radius 2 is 1.90 bits per heavy atom. The minimum absolute atomic E-state index is 0.178. The van der Waals surface area contributed by atoms with Crippen molar-refractivity contribution in [3.8, 4) is 17.2 Å². The van der Waals surface area contributed by atoms with Gasteiger partial charge in [0.05, 0.1) is 0 Å². The van der Waals surface area contributed by atoms with Crippen LogP contribution in [0.3, 0.4) is 0 Å². The molecule has 0 heterocycles. The summed E-state index contributed by atoms with van der Waals surface area (Å²) >= 11 is 0. The van der Waals surface area contributed by atoms with E-state index in [0.29, 0.717) is 11.5 Å². The number of ether oxygens (including phenoxy) is 1. The van der Waals surface area contributed by atoms with Crippen LogP contribution in [-0.4, -0.2) is 22.2 Å². The Hall–Kier alpha value is -2.53. The SMILES string of the molecule is Cc1cc(C[C@H](N)C(=O)O)ccc1Oc1ccc(O)cc1. The van der Waals surface area contributed by atoms with Crippen molar-refractivity contribution in [1.82, 2.24) is 0 Å². The minimum atomic E-state index is -1.02. The van der Waals surface area contributed by atoms with E-state index in [1.54, 1.807) is 36.4 Å². The van der Waals surface area contributed by atoms with Gasteiger partial charge in [0.1, 0.15) is 23.3 Å². The van der Waals surface area contributed by atoms with Gasteiger partial charge in [0.15, 0.2) is 0 Å². The maximum Gasteiger partial charge on any atom is 0.320 e. The number of phenols is 1. The van der Waals surface area contributed by atoms with Crippen molar-refractivity contribution in [1.29, 1.82) is 0 Å². The smallest absolute Gasteiger partial charge is 0.320 e. The van der Waals surface area contributed by atoms with E-state index < -0.39 is 12.0 Å². The normalized spacial score (nSPS) is 11.9. The van der Waals surface area contributed by atoms with Gasteiger partial charge in [-0.15, -0.1) is 0 Å². The van der Waals surface area contributed by atoms with Crippen LogP contribution >= 0.6 is 0 Å². The number of hydrogen-bond donors (Lipinski definition) is 3. The quantitative estimate of drug-likeness (QED) is 0.785. The molecule has 0 aliphatic heterocycles. The van der Waals surface area contributed by atoms with E-state index >= 15 is 0 Å². The van der Waals surface area contributed by atoms with Crippen LogP contribution in [0.15, 0.2) is 42.5 Å². The lowest BCUT2D eigenvalue weighted by atomic mass is 10.0. The van der Waals surface area contributed by atoms with Gasteiger partial charge < -0.3 is 20.7 Å². The third-order valence-corrected chi connectivity index (χ3v) is 3.08. The zero-order chi connectivity index (χ0) is 15.4. The average Bonchev–Trinajstić information content (AvgIpc) is 2.44. The summed E-state index contributed by atoms with van der Waals surface area (Å²) in [5, 5.41) is 18.0. The van der Waals surface area contributed by atoms with Crippen LogP contribution < -0.4 is 10.5 Å². The number of carboxylic acid groups (broad SMARTS) is 1. The van der Waals surface area contributed by atoms with Crippen LogP contribution in [0.25, 0.3) is 0 Å². The number of hydrogen-bond acceptors (Lipinski definition) is 4. The van der Waals surface area contributed by atoms with Crippen molar-refractivity contribution < 1.29 is 19.7 Å². The Morgan fingerprint density at radius 3 is 2.48 bits per heavy atom. The highest BCUT2D eigenvalue weighted by atomic mass is 16.5. The van der Waals surface area contributed by atoms with Crippen molar-refractivity contribution in [3.05, 3.63) is 53.6 Å². The predicted molar refractivity (Wildman–Crippen MR) is 78.7 cm³/mol. The summed E-state index contributed by atoms with van der Waals surface area (Å²) < 4.78 is 5.71. The summed E-state index contributed by atoms with van der Waals surface area (Å²) in [7, 11) is 0. The number of phenolic OH excluding ortho intramolecular Hbond substituents is 1. The number of carbonyl (C=O) groups is 1. The molecule has 0 aromatic heterocycles. The molecule has 0 aliphatic carbocycles. The Balaban J connectivity index is 2.12. The third-order valence-electron chi connectivity index (χ3n) is 3.08. The molecule has 0 fully saturated rings. The Kier molecular flexibility index (Phi) is 4.45. The van der Waals surface area contributed by atoms with Crippen molar-refractivity contribution in [2.24, 2.45) is 5.73 Å².